The summed E-state index contributed by atoms with van der Waals surface area (Å²) >= 11 is 0. The maximum absolute atomic E-state index is 4.94. The van der Waals surface area contributed by atoms with Crippen molar-refractivity contribution in [3.05, 3.63) is 23.9 Å². The van der Waals surface area contributed by atoms with E-state index in [1.165, 1.54) is 17.5 Å². The van der Waals surface area contributed by atoms with E-state index in [-0.39, 0.29) is 0 Å². The third-order valence-electron chi connectivity index (χ3n) is 2.24. The van der Waals surface area contributed by atoms with Crippen LogP contribution >= 0.6 is 0 Å². The molecule has 2 rings (SSSR count). The molecule has 3 nitrogen and oxygen atoms in total. The Labute approximate surface area is 71.5 Å². The summed E-state index contributed by atoms with van der Waals surface area (Å²) in [6.07, 6.45) is 4.29. The Kier molecular flexibility index (Phi) is 1.96. The zero-order chi connectivity index (χ0) is 8.39. The molecule has 0 radical (unpaired) electrons. The molecule has 12 heavy (non-hydrogen) atoms. The fourth-order valence-corrected chi connectivity index (χ4v) is 1.46. The topological polar surface area (TPSA) is 38.1 Å². The molecule has 0 unspecified atom stereocenters. The van der Waals surface area contributed by atoms with Crippen LogP contribution < -0.4 is 5.32 Å². The third kappa shape index (κ3) is 1.28. The van der Waals surface area contributed by atoms with E-state index in [0.29, 0.717) is 0 Å². The Bertz CT molecular complexity index is 287. The molecule has 0 atom stereocenters. The van der Waals surface area contributed by atoms with Crippen LogP contribution in [0, 0.1) is 0 Å². The van der Waals surface area contributed by atoms with E-state index in [4.69, 9.17) is 4.42 Å². The summed E-state index contributed by atoms with van der Waals surface area (Å²) in [6, 6.07) is 0. The lowest BCUT2D eigenvalue weighted by atomic mass is 10.0. The van der Waals surface area contributed by atoms with Gasteiger partial charge in [-0.05, 0) is 25.5 Å². The van der Waals surface area contributed by atoms with Gasteiger partial charge in [0.1, 0.15) is 12.0 Å². The highest BCUT2D eigenvalue weighted by Gasteiger charge is 2.11. The number of oxazole rings is 1. The molecule has 64 valence electrons. The van der Waals surface area contributed by atoms with Crippen LogP contribution in [0.1, 0.15) is 19.0 Å². The summed E-state index contributed by atoms with van der Waals surface area (Å²) in [7, 11) is 0. The summed E-state index contributed by atoms with van der Waals surface area (Å²) < 4.78 is 4.94. The SMILES string of the molecule is CC1=C(c2cocn2)CNCC1. The van der Waals surface area contributed by atoms with E-state index in [1.807, 2.05) is 0 Å². The normalized spacial score (nSPS) is 18.4. The van der Waals surface area contributed by atoms with E-state index in [9.17, 15) is 0 Å². The van der Waals surface area contributed by atoms with Gasteiger partial charge in [0.25, 0.3) is 0 Å². The Hall–Kier alpha value is -1.09. The van der Waals surface area contributed by atoms with Crippen molar-refractivity contribution in [2.45, 2.75) is 13.3 Å². The molecule has 0 amide bonds. The first-order chi connectivity index (χ1) is 5.88. The largest absolute Gasteiger partial charge is 0.451 e. The van der Waals surface area contributed by atoms with Gasteiger partial charge < -0.3 is 9.73 Å². The minimum Gasteiger partial charge on any atom is -0.451 e. The smallest absolute Gasteiger partial charge is 0.181 e. The minimum absolute atomic E-state index is 0.915. The van der Waals surface area contributed by atoms with Crippen LogP contribution in [0.3, 0.4) is 0 Å². The molecular weight excluding hydrogens is 152 g/mol. The van der Waals surface area contributed by atoms with Crippen LogP contribution in [0.15, 0.2) is 22.6 Å². The van der Waals surface area contributed by atoms with E-state index in [0.717, 1.165) is 25.2 Å². The molecule has 1 aromatic heterocycles. The second-order valence-electron chi connectivity index (χ2n) is 3.06. The van der Waals surface area contributed by atoms with Gasteiger partial charge in [0.15, 0.2) is 6.39 Å². The predicted molar refractivity (Wildman–Crippen MR) is 46.6 cm³/mol. The van der Waals surface area contributed by atoms with Crippen molar-refractivity contribution in [1.29, 1.82) is 0 Å². The van der Waals surface area contributed by atoms with Crippen LogP contribution in [0.4, 0.5) is 0 Å². The predicted octanol–water partition coefficient (Wildman–Crippen LogP) is 1.44. The second kappa shape index (κ2) is 3.11. The number of nitrogens with one attached hydrogen (secondary N) is 1. The lowest BCUT2D eigenvalue weighted by molar-refractivity contribution is 0.557. The lowest BCUT2D eigenvalue weighted by Crippen LogP contribution is -2.23. The molecule has 1 aliphatic heterocycles. The molecule has 0 spiro atoms. The molecule has 0 aromatic carbocycles. The van der Waals surface area contributed by atoms with Gasteiger partial charge in [-0.3, -0.25) is 0 Å². The number of nitrogens with zero attached hydrogens (tertiary/aromatic N) is 1. The molecule has 3 heteroatoms. The molecule has 0 fully saturated rings. The molecule has 0 aliphatic carbocycles. The number of hydrogen-bond donors (Lipinski definition) is 1. The van der Waals surface area contributed by atoms with Crippen molar-refractivity contribution in [3.63, 3.8) is 0 Å². The number of hydrogen-bond acceptors (Lipinski definition) is 3. The van der Waals surface area contributed by atoms with Crippen molar-refractivity contribution in [2.24, 2.45) is 0 Å². The standard InChI is InChI=1S/C9H12N2O/c1-7-2-3-10-4-8(7)9-5-12-6-11-9/h5-6,10H,2-4H2,1H3. The summed E-state index contributed by atoms with van der Waals surface area (Å²) in [5.41, 5.74) is 3.68. The molecule has 0 bridgehead atoms. The Morgan fingerprint density at radius 3 is 3.17 bits per heavy atom. The van der Waals surface area contributed by atoms with E-state index in [2.05, 4.69) is 17.2 Å². The van der Waals surface area contributed by atoms with Crippen LogP contribution in [-0.4, -0.2) is 18.1 Å². The summed E-state index contributed by atoms with van der Waals surface area (Å²) in [5.74, 6) is 0. The minimum atomic E-state index is 0.915. The molecule has 0 saturated carbocycles. The van der Waals surface area contributed by atoms with Gasteiger partial charge >= 0.3 is 0 Å². The van der Waals surface area contributed by atoms with E-state index < -0.39 is 0 Å². The van der Waals surface area contributed by atoms with Gasteiger partial charge in [-0.15, -0.1) is 0 Å². The molecular formula is C9H12N2O. The molecule has 2 heterocycles. The fraction of sp³-hybridized carbons (Fsp3) is 0.444. The van der Waals surface area contributed by atoms with E-state index >= 15 is 0 Å². The van der Waals surface area contributed by atoms with Crippen molar-refractivity contribution in [1.82, 2.24) is 10.3 Å². The van der Waals surface area contributed by atoms with E-state index in [1.54, 1.807) is 6.26 Å². The van der Waals surface area contributed by atoms with Crippen LogP contribution in [0.25, 0.3) is 5.57 Å². The van der Waals surface area contributed by atoms with Gasteiger partial charge in [-0.2, -0.15) is 0 Å². The lowest BCUT2D eigenvalue weighted by Gasteiger charge is -2.16. The maximum atomic E-state index is 4.94. The van der Waals surface area contributed by atoms with Gasteiger partial charge in [-0.1, -0.05) is 5.57 Å². The van der Waals surface area contributed by atoms with Crippen molar-refractivity contribution in [3.8, 4) is 0 Å². The fourth-order valence-electron chi connectivity index (χ4n) is 1.46. The molecule has 1 N–H and O–H groups in total. The average molecular weight is 164 g/mol. The van der Waals surface area contributed by atoms with Gasteiger partial charge in [0, 0.05) is 6.54 Å². The number of rotatable bonds is 1. The zero-order valence-corrected chi connectivity index (χ0v) is 7.13. The summed E-state index contributed by atoms with van der Waals surface area (Å²) in [5, 5.41) is 3.31. The molecule has 1 aliphatic rings. The quantitative estimate of drug-likeness (QED) is 0.682. The van der Waals surface area contributed by atoms with Crippen LogP contribution in [0.2, 0.25) is 0 Å². The second-order valence-corrected chi connectivity index (χ2v) is 3.06. The molecule has 0 saturated heterocycles. The Morgan fingerprint density at radius 2 is 2.50 bits per heavy atom. The van der Waals surface area contributed by atoms with Crippen LogP contribution in [-0.2, 0) is 0 Å². The number of aromatic nitrogens is 1. The monoisotopic (exact) mass is 164 g/mol. The highest BCUT2D eigenvalue weighted by Crippen LogP contribution is 2.20. The first-order valence-electron chi connectivity index (χ1n) is 4.16. The summed E-state index contributed by atoms with van der Waals surface area (Å²) in [4.78, 5) is 4.13. The summed E-state index contributed by atoms with van der Waals surface area (Å²) in [6.45, 7) is 4.15. The molecule has 1 aromatic rings. The van der Waals surface area contributed by atoms with Crippen molar-refractivity contribution >= 4 is 5.57 Å². The average Bonchev–Trinajstić information content (AvgIpc) is 2.57. The highest BCUT2D eigenvalue weighted by atomic mass is 16.3. The zero-order valence-electron chi connectivity index (χ0n) is 7.13. The van der Waals surface area contributed by atoms with Crippen molar-refractivity contribution < 1.29 is 4.42 Å². The third-order valence-corrected chi connectivity index (χ3v) is 2.24. The van der Waals surface area contributed by atoms with Crippen LogP contribution in [0.5, 0.6) is 0 Å². The van der Waals surface area contributed by atoms with Gasteiger partial charge in [0.2, 0.25) is 0 Å². The first kappa shape index (κ1) is 7.55. The van der Waals surface area contributed by atoms with Gasteiger partial charge in [0.05, 0.1) is 0 Å². The van der Waals surface area contributed by atoms with Crippen molar-refractivity contribution in [2.75, 3.05) is 13.1 Å². The Morgan fingerprint density at radius 1 is 1.58 bits per heavy atom. The van der Waals surface area contributed by atoms with Gasteiger partial charge in [-0.25, -0.2) is 4.98 Å². The maximum Gasteiger partial charge on any atom is 0.181 e. The highest BCUT2D eigenvalue weighted by molar-refractivity contribution is 5.67. The Balaban J connectivity index is 2.33. The first-order valence-corrected chi connectivity index (χ1v) is 4.16.